The first-order chi connectivity index (χ1) is 17.0. The molecular formula is C25H36N6O4S. The number of nitrogens with zero attached hydrogens (tertiary/aromatic N) is 4. The minimum Gasteiger partial charge on any atom is -0.493 e. The van der Waals surface area contributed by atoms with Crippen molar-refractivity contribution in [3.05, 3.63) is 34.2 Å². The summed E-state index contributed by atoms with van der Waals surface area (Å²) in [7, 11) is -2.04. The van der Waals surface area contributed by atoms with Gasteiger partial charge in [-0.15, -0.1) is 0 Å². The van der Waals surface area contributed by atoms with Crippen LogP contribution in [-0.4, -0.2) is 64.3 Å². The Morgan fingerprint density at radius 2 is 1.89 bits per heavy atom. The van der Waals surface area contributed by atoms with E-state index in [4.69, 9.17) is 9.72 Å². The maximum Gasteiger partial charge on any atom is 0.277 e. The number of aromatic nitrogens is 4. The Balaban J connectivity index is 1.86. The Bertz CT molecular complexity index is 1400. The smallest absolute Gasteiger partial charge is 0.277 e. The molecule has 1 fully saturated rings. The van der Waals surface area contributed by atoms with E-state index >= 15 is 0 Å². The molecule has 0 unspecified atom stereocenters. The van der Waals surface area contributed by atoms with Gasteiger partial charge in [-0.1, -0.05) is 20.8 Å². The van der Waals surface area contributed by atoms with Crippen molar-refractivity contribution in [2.75, 3.05) is 19.7 Å². The first-order valence-corrected chi connectivity index (χ1v) is 13.9. The second kappa shape index (κ2) is 10.3. The molecule has 196 valence electrons. The Kier molecular flexibility index (Phi) is 7.53. The standard InChI is InChI=1S/C25H36N6O4S/c1-7-10-35-21-9-8-18(36(33,34)31-13-16(4)26-17(5)14-31)12-19(21)24-27-22-20(11-15(2)3)29-30(6)23(22)25(32)28-24/h8-9,12,15-17,26H,7,10-11,13-14H2,1-6H3,(H,27,28,32)/t16-,17+. The normalized spacial score (nSPS) is 19.3. The summed E-state index contributed by atoms with van der Waals surface area (Å²) in [6.07, 6.45) is 1.44. The number of hydrogen-bond donors (Lipinski definition) is 2. The molecule has 0 saturated carbocycles. The maximum atomic E-state index is 13.6. The van der Waals surface area contributed by atoms with Crippen LogP contribution in [0, 0.1) is 5.92 Å². The lowest BCUT2D eigenvalue weighted by atomic mass is 10.1. The number of H-pyrrole nitrogens is 1. The predicted octanol–water partition coefficient (Wildman–Crippen LogP) is 2.68. The van der Waals surface area contributed by atoms with Gasteiger partial charge < -0.3 is 15.0 Å². The van der Waals surface area contributed by atoms with E-state index in [0.717, 1.165) is 12.1 Å². The highest BCUT2D eigenvalue weighted by Crippen LogP contribution is 2.32. The molecule has 0 amide bonds. The molecule has 4 rings (SSSR count). The van der Waals surface area contributed by atoms with Crippen LogP contribution in [0.2, 0.25) is 0 Å². The lowest BCUT2D eigenvalue weighted by Gasteiger charge is -2.35. The fourth-order valence-corrected chi connectivity index (χ4v) is 6.36. The van der Waals surface area contributed by atoms with Gasteiger partial charge in [-0.25, -0.2) is 13.4 Å². The van der Waals surface area contributed by atoms with Crippen molar-refractivity contribution in [2.24, 2.45) is 13.0 Å². The monoisotopic (exact) mass is 516 g/mol. The Hall–Kier alpha value is -2.76. The topological polar surface area (TPSA) is 122 Å². The van der Waals surface area contributed by atoms with E-state index in [1.54, 1.807) is 29.9 Å². The molecule has 3 aromatic rings. The summed E-state index contributed by atoms with van der Waals surface area (Å²) in [5.74, 6) is 1.05. The molecule has 2 atom stereocenters. The second-order valence-corrected chi connectivity index (χ2v) is 12.0. The van der Waals surface area contributed by atoms with Crippen LogP contribution in [-0.2, 0) is 23.5 Å². The largest absolute Gasteiger partial charge is 0.493 e. The summed E-state index contributed by atoms with van der Waals surface area (Å²) in [6, 6.07) is 4.85. The fourth-order valence-electron chi connectivity index (χ4n) is 4.71. The van der Waals surface area contributed by atoms with Gasteiger partial charge in [-0.05, 0) is 50.8 Å². The average Bonchev–Trinajstić information content (AvgIpc) is 3.11. The quantitative estimate of drug-likeness (QED) is 0.472. The highest BCUT2D eigenvalue weighted by molar-refractivity contribution is 7.89. The SMILES string of the molecule is CCCOc1ccc(S(=O)(=O)N2C[C@@H](C)N[C@@H](C)C2)cc1-c1nc2c(CC(C)C)nn(C)c2c(=O)[nH]1. The van der Waals surface area contributed by atoms with Gasteiger partial charge in [0.15, 0.2) is 5.52 Å². The summed E-state index contributed by atoms with van der Waals surface area (Å²) in [4.78, 5) is 20.8. The van der Waals surface area contributed by atoms with Crippen molar-refractivity contribution in [3.8, 4) is 17.1 Å². The zero-order valence-electron chi connectivity index (χ0n) is 21.8. The van der Waals surface area contributed by atoms with E-state index in [9.17, 15) is 13.2 Å². The molecule has 1 aromatic carbocycles. The molecule has 11 heteroatoms. The van der Waals surface area contributed by atoms with Crippen LogP contribution in [0.3, 0.4) is 0 Å². The van der Waals surface area contributed by atoms with Gasteiger partial charge in [0.05, 0.1) is 22.8 Å². The zero-order valence-corrected chi connectivity index (χ0v) is 22.6. The highest BCUT2D eigenvalue weighted by Gasteiger charge is 2.32. The minimum absolute atomic E-state index is 0.0422. The van der Waals surface area contributed by atoms with Gasteiger partial charge in [-0.3, -0.25) is 9.48 Å². The van der Waals surface area contributed by atoms with Crippen molar-refractivity contribution < 1.29 is 13.2 Å². The van der Waals surface area contributed by atoms with Crippen molar-refractivity contribution in [3.63, 3.8) is 0 Å². The van der Waals surface area contributed by atoms with E-state index in [-0.39, 0.29) is 28.4 Å². The third-order valence-corrected chi connectivity index (χ3v) is 8.02. The van der Waals surface area contributed by atoms with Gasteiger partial charge >= 0.3 is 0 Å². The van der Waals surface area contributed by atoms with Gasteiger partial charge in [0.2, 0.25) is 10.0 Å². The van der Waals surface area contributed by atoms with Crippen LogP contribution < -0.4 is 15.6 Å². The molecule has 2 aromatic heterocycles. The van der Waals surface area contributed by atoms with Crippen molar-refractivity contribution in [1.29, 1.82) is 0 Å². The molecule has 1 aliphatic rings. The Morgan fingerprint density at radius 1 is 1.19 bits per heavy atom. The highest BCUT2D eigenvalue weighted by atomic mass is 32.2. The molecule has 3 heterocycles. The molecule has 0 radical (unpaired) electrons. The van der Waals surface area contributed by atoms with Crippen molar-refractivity contribution in [2.45, 2.75) is 64.4 Å². The molecule has 1 aliphatic heterocycles. The molecule has 36 heavy (non-hydrogen) atoms. The molecule has 2 N–H and O–H groups in total. The summed E-state index contributed by atoms with van der Waals surface area (Å²) in [5.41, 5.74) is 1.74. The van der Waals surface area contributed by atoms with Crippen LogP contribution in [0.1, 0.15) is 46.7 Å². The second-order valence-electron chi connectivity index (χ2n) is 10.1. The Labute approximate surface area is 212 Å². The van der Waals surface area contributed by atoms with Crippen LogP contribution in [0.4, 0.5) is 0 Å². The van der Waals surface area contributed by atoms with E-state index in [1.165, 1.54) is 4.31 Å². The zero-order chi connectivity index (χ0) is 26.2. The number of benzene rings is 1. The third kappa shape index (κ3) is 5.18. The number of hydrogen-bond acceptors (Lipinski definition) is 7. The van der Waals surface area contributed by atoms with Gasteiger partial charge in [0.25, 0.3) is 5.56 Å². The molecule has 0 aliphatic carbocycles. The summed E-state index contributed by atoms with van der Waals surface area (Å²) >= 11 is 0. The lowest BCUT2D eigenvalue weighted by Crippen LogP contribution is -2.55. The summed E-state index contributed by atoms with van der Waals surface area (Å²) < 4.78 is 36.2. The molecular weight excluding hydrogens is 480 g/mol. The van der Waals surface area contributed by atoms with E-state index < -0.39 is 10.0 Å². The third-order valence-electron chi connectivity index (χ3n) is 6.19. The fraction of sp³-hybridized carbons (Fsp3) is 0.560. The van der Waals surface area contributed by atoms with Gasteiger partial charge in [-0.2, -0.15) is 9.40 Å². The minimum atomic E-state index is -3.77. The number of rotatable bonds is 8. The van der Waals surface area contributed by atoms with Crippen LogP contribution in [0.5, 0.6) is 5.75 Å². The molecule has 10 nitrogen and oxygen atoms in total. The summed E-state index contributed by atoms with van der Waals surface area (Å²) in [5, 5.41) is 7.89. The average molecular weight is 517 g/mol. The van der Waals surface area contributed by atoms with Crippen LogP contribution in [0.25, 0.3) is 22.4 Å². The van der Waals surface area contributed by atoms with E-state index in [1.807, 2.05) is 20.8 Å². The Morgan fingerprint density at radius 3 is 2.53 bits per heavy atom. The number of aryl methyl sites for hydroxylation is 1. The number of fused-ring (bicyclic) bond motifs is 1. The van der Waals surface area contributed by atoms with Gasteiger partial charge in [0, 0.05) is 32.2 Å². The first kappa shape index (κ1) is 26.3. The number of aromatic amines is 1. The summed E-state index contributed by atoms with van der Waals surface area (Å²) in [6.45, 7) is 11.3. The number of sulfonamides is 1. The van der Waals surface area contributed by atoms with Gasteiger partial charge in [0.1, 0.15) is 17.1 Å². The number of piperazine rings is 1. The van der Waals surface area contributed by atoms with Crippen LogP contribution in [0.15, 0.2) is 27.9 Å². The molecule has 0 bridgehead atoms. The lowest BCUT2D eigenvalue weighted by molar-refractivity contribution is 0.263. The predicted molar refractivity (Wildman–Crippen MR) is 140 cm³/mol. The first-order valence-electron chi connectivity index (χ1n) is 12.5. The van der Waals surface area contributed by atoms with Crippen molar-refractivity contribution in [1.82, 2.24) is 29.4 Å². The van der Waals surface area contributed by atoms with Crippen LogP contribution >= 0.6 is 0 Å². The maximum absolute atomic E-state index is 13.6. The van der Waals surface area contributed by atoms with E-state index in [0.29, 0.717) is 54.4 Å². The molecule has 1 saturated heterocycles. The molecule has 0 spiro atoms. The number of nitrogens with one attached hydrogen (secondary N) is 2. The number of ether oxygens (including phenoxy) is 1. The van der Waals surface area contributed by atoms with Crippen molar-refractivity contribution >= 4 is 21.1 Å². The van der Waals surface area contributed by atoms with E-state index in [2.05, 4.69) is 29.2 Å².